The summed E-state index contributed by atoms with van der Waals surface area (Å²) in [5.41, 5.74) is 2.41. The van der Waals surface area contributed by atoms with Crippen molar-refractivity contribution in [3.63, 3.8) is 0 Å². The predicted octanol–water partition coefficient (Wildman–Crippen LogP) is 2.96. The van der Waals surface area contributed by atoms with E-state index in [-0.39, 0.29) is 5.41 Å². The second-order valence-electron chi connectivity index (χ2n) is 4.26. The van der Waals surface area contributed by atoms with Crippen molar-refractivity contribution in [2.75, 3.05) is 0 Å². The van der Waals surface area contributed by atoms with E-state index < -0.39 is 0 Å². The van der Waals surface area contributed by atoms with E-state index in [4.69, 9.17) is 0 Å². The Morgan fingerprint density at radius 3 is 2.62 bits per heavy atom. The van der Waals surface area contributed by atoms with Gasteiger partial charge in [0, 0.05) is 12.7 Å². The van der Waals surface area contributed by atoms with Crippen molar-refractivity contribution in [3.05, 3.63) is 24.5 Å². The fourth-order valence-corrected chi connectivity index (χ4v) is 1.23. The lowest BCUT2D eigenvalue weighted by atomic mass is 9.85. The summed E-state index contributed by atoms with van der Waals surface area (Å²) in [7, 11) is 0. The molecule has 1 heterocycles. The molecule has 2 nitrogen and oxygen atoms in total. The van der Waals surface area contributed by atoms with Crippen molar-refractivity contribution >= 4 is 5.57 Å². The molecule has 0 aliphatic rings. The van der Waals surface area contributed by atoms with Crippen LogP contribution in [0.5, 0.6) is 0 Å². The van der Waals surface area contributed by atoms with Crippen LogP contribution in [0, 0.1) is 5.41 Å². The monoisotopic (exact) mass is 178 g/mol. The SMILES string of the molecule is C=C(c1ccnn1CC)C(C)(C)C. The molecule has 0 aliphatic heterocycles. The Labute approximate surface area is 80.3 Å². The Morgan fingerprint density at radius 2 is 2.15 bits per heavy atom. The first-order valence-corrected chi connectivity index (χ1v) is 4.68. The van der Waals surface area contributed by atoms with Crippen molar-refractivity contribution in [3.8, 4) is 0 Å². The van der Waals surface area contributed by atoms with Crippen molar-refractivity contribution in [1.82, 2.24) is 9.78 Å². The first kappa shape index (κ1) is 10.0. The van der Waals surface area contributed by atoms with Gasteiger partial charge in [-0.2, -0.15) is 5.10 Å². The summed E-state index contributed by atoms with van der Waals surface area (Å²) in [6.07, 6.45) is 1.83. The summed E-state index contributed by atoms with van der Waals surface area (Å²) < 4.78 is 1.98. The molecule has 1 aromatic rings. The number of hydrogen-bond donors (Lipinski definition) is 0. The van der Waals surface area contributed by atoms with E-state index in [0.717, 1.165) is 17.8 Å². The van der Waals surface area contributed by atoms with E-state index in [1.165, 1.54) is 0 Å². The molecule has 0 aliphatic carbocycles. The predicted molar refractivity (Wildman–Crippen MR) is 56.4 cm³/mol. The minimum absolute atomic E-state index is 0.118. The highest BCUT2D eigenvalue weighted by molar-refractivity contribution is 5.64. The zero-order valence-corrected chi connectivity index (χ0v) is 8.96. The summed E-state index contributed by atoms with van der Waals surface area (Å²) in [6, 6.07) is 2.02. The lowest BCUT2D eigenvalue weighted by Gasteiger charge is -2.22. The van der Waals surface area contributed by atoms with Crippen LogP contribution in [0.3, 0.4) is 0 Å². The Balaban J connectivity index is 3.02. The third-order valence-electron chi connectivity index (χ3n) is 2.23. The normalized spacial score (nSPS) is 11.7. The maximum Gasteiger partial charge on any atom is 0.0641 e. The number of nitrogens with zero attached hydrogens (tertiary/aromatic N) is 2. The molecule has 0 saturated heterocycles. The van der Waals surface area contributed by atoms with Crippen LogP contribution in [0.4, 0.5) is 0 Å². The molecule has 0 spiro atoms. The highest BCUT2D eigenvalue weighted by atomic mass is 15.3. The quantitative estimate of drug-likeness (QED) is 0.680. The van der Waals surface area contributed by atoms with Gasteiger partial charge in [0.1, 0.15) is 0 Å². The molecule has 13 heavy (non-hydrogen) atoms. The number of hydrogen-bond acceptors (Lipinski definition) is 1. The molecule has 0 unspecified atom stereocenters. The van der Waals surface area contributed by atoms with Crippen LogP contribution in [0.2, 0.25) is 0 Å². The van der Waals surface area contributed by atoms with Gasteiger partial charge in [-0.05, 0) is 24.0 Å². The smallest absolute Gasteiger partial charge is 0.0641 e. The molecule has 0 N–H and O–H groups in total. The van der Waals surface area contributed by atoms with Crippen LogP contribution < -0.4 is 0 Å². The number of aromatic nitrogens is 2. The molecule has 0 saturated carbocycles. The van der Waals surface area contributed by atoms with Crippen LogP contribution in [-0.2, 0) is 6.54 Å². The number of allylic oxidation sites excluding steroid dienone is 1. The fraction of sp³-hybridized carbons (Fsp3) is 0.545. The first-order valence-electron chi connectivity index (χ1n) is 4.68. The van der Waals surface area contributed by atoms with E-state index >= 15 is 0 Å². The minimum Gasteiger partial charge on any atom is -0.266 e. The maximum atomic E-state index is 4.23. The van der Waals surface area contributed by atoms with E-state index in [9.17, 15) is 0 Å². The second kappa shape index (κ2) is 3.36. The Kier molecular flexibility index (Phi) is 2.60. The van der Waals surface area contributed by atoms with Gasteiger partial charge in [-0.1, -0.05) is 27.4 Å². The Morgan fingerprint density at radius 1 is 1.54 bits per heavy atom. The molecule has 0 fully saturated rings. The summed E-state index contributed by atoms with van der Waals surface area (Å²) >= 11 is 0. The molecule has 1 rings (SSSR count). The van der Waals surface area contributed by atoms with Crippen molar-refractivity contribution in [2.45, 2.75) is 34.2 Å². The van der Waals surface area contributed by atoms with E-state index in [2.05, 4.69) is 39.4 Å². The Bertz CT molecular complexity index is 302. The lowest BCUT2D eigenvalue weighted by molar-refractivity contribution is 0.552. The Hall–Kier alpha value is -1.05. The van der Waals surface area contributed by atoms with Gasteiger partial charge < -0.3 is 0 Å². The third kappa shape index (κ3) is 2.00. The van der Waals surface area contributed by atoms with Gasteiger partial charge in [0.25, 0.3) is 0 Å². The largest absolute Gasteiger partial charge is 0.266 e. The van der Waals surface area contributed by atoms with Crippen LogP contribution in [0.25, 0.3) is 5.57 Å². The van der Waals surface area contributed by atoms with Gasteiger partial charge in [-0.25, -0.2) is 0 Å². The van der Waals surface area contributed by atoms with Gasteiger partial charge in [-0.3, -0.25) is 4.68 Å². The molecule has 0 atom stereocenters. The van der Waals surface area contributed by atoms with Crippen LogP contribution in [0.1, 0.15) is 33.4 Å². The molecule has 0 bridgehead atoms. The van der Waals surface area contributed by atoms with E-state index in [1.807, 2.05) is 16.9 Å². The third-order valence-corrected chi connectivity index (χ3v) is 2.23. The van der Waals surface area contributed by atoms with Crippen molar-refractivity contribution < 1.29 is 0 Å². The maximum absolute atomic E-state index is 4.23. The van der Waals surface area contributed by atoms with Crippen molar-refractivity contribution in [1.29, 1.82) is 0 Å². The van der Waals surface area contributed by atoms with Gasteiger partial charge in [0.05, 0.1) is 5.69 Å². The molecule has 1 aromatic heterocycles. The van der Waals surface area contributed by atoms with Crippen molar-refractivity contribution in [2.24, 2.45) is 5.41 Å². The number of rotatable bonds is 2. The van der Waals surface area contributed by atoms with Crippen LogP contribution >= 0.6 is 0 Å². The zero-order chi connectivity index (χ0) is 10.1. The summed E-state index contributed by atoms with van der Waals surface area (Å²) in [6.45, 7) is 13.6. The van der Waals surface area contributed by atoms with Gasteiger partial charge >= 0.3 is 0 Å². The second-order valence-corrected chi connectivity index (χ2v) is 4.26. The zero-order valence-electron chi connectivity index (χ0n) is 8.96. The minimum atomic E-state index is 0.118. The molecular formula is C11H18N2. The molecular weight excluding hydrogens is 160 g/mol. The number of aryl methyl sites for hydroxylation is 1. The fourth-order valence-electron chi connectivity index (χ4n) is 1.23. The standard InChI is InChI=1S/C11H18N2/c1-6-13-10(7-8-12-13)9(2)11(3,4)5/h7-8H,2,6H2,1,3-5H3. The summed E-state index contributed by atoms with van der Waals surface area (Å²) in [5.74, 6) is 0. The van der Waals surface area contributed by atoms with E-state index in [1.54, 1.807) is 0 Å². The molecule has 0 radical (unpaired) electrons. The first-order chi connectivity index (χ1) is 5.96. The highest BCUT2D eigenvalue weighted by Crippen LogP contribution is 2.31. The molecule has 2 heteroatoms. The van der Waals surface area contributed by atoms with Gasteiger partial charge in [-0.15, -0.1) is 0 Å². The average molecular weight is 178 g/mol. The lowest BCUT2D eigenvalue weighted by Crippen LogP contribution is -2.11. The van der Waals surface area contributed by atoms with Crippen LogP contribution in [-0.4, -0.2) is 9.78 Å². The summed E-state index contributed by atoms with van der Waals surface area (Å²) in [4.78, 5) is 0. The van der Waals surface area contributed by atoms with Gasteiger partial charge in [0.15, 0.2) is 0 Å². The molecule has 72 valence electrons. The van der Waals surface area contributed by atoms with E-state index in [0.29, 0.717) is 0 Å². The highest BCUT2D eigenvalue weighted by Gasteiger charge is 2.18. The van der Waals surface area contributed by atoms with Gasteiger partial charge in [0.2, 0.25) is 0 Å². The molecule has 0 aromatic carbocycles. The molecule has 0 amide bonds. The topological polar surface area (TPSA) is 17.8 Å². The van der Waals surface area contributed by atoms with Crippen LogP contribution in [0.15, 0.2) is 18.8 Å². The summed E-state index contributed by atoms with van der Waals surface area (Å²) in [5, 5.41) is 4.23. The average Bonchev–Trinajstić information content (AvgIpc) is 2.48.